The Labute approximate surface area is 175 Å². The average molecular weight is 410 g/mol. The van der Waals surface area contributed by atoms with Crippen molar-refractivity contribution in [1.29, 1.82) is 0 Å². The minimum Gasteiger partial charge on any atom is -0.353 e. The number of nitrogens with one attached hydrogen (secondary N) is 1. The van der Waals surface area contributed by atoms with Crippen LogP contribution in [-0.2, 0) is 0 Å². The molecule has 0 spiro atoms. The zero-order chi connectivity index (χ0) is 20.5. The number of amides is 2. The average Bonchev–Trinajstić information content (AvgIpc) is 3.11. The molecule has 30 heavy (non-hydrogen) atoms. The van der Waals surface area contributed by atoms with Crippen molar-refractivity contribution in [1.82, 2.24) is 19.6 Å². The van der Waals surface area contributed by atoms with E-state index in [9.17, 15) is 9.18 Å². The van der Waals surface area contributed by atoms with Crippen LogP contribution in [0, 0.1) is 5.82 Å². The maximum Gasteiger partial charge on any atom is 0.317 e. The molecule has 1 N–H and O–H groups in total. The molecular formula is C23H28FN5O. The van der Waals surface area contributed by atoms with Crippen molar-refractivity contribution in [3.8, 4) is 0 Å². The molecule has 1 aliphatic carbocycles. The lowest BCUT2D eigenvalue weighted by Gasteiger charge is -2.28. The van der Waals surface area contributed by atoms with Crippen molar-refractivity contribution in [2.45, 2.75) is 44.6 Å². The molecule has 0 unspecified atom stereocenters. The fourth-order valence-corrected chi connectivity index (χ4v) is 4.81. The Morgan fingerprint density at radius 2 is 1.87 bits per heavy atom. The van der Waals surface area contributed by atoms with E-state index in [0.29, 0.717) is 24.6 Å². The first-order valence-electron chi connectivity index (χ1n) is 11.1. The molecule has 2 aliphatic rings. The van der Waals surface area contributed by atoms with Gasteiger partial charge in [0, 0.05) is 44.5 Å². The highest BCUT2D eigenvalue weighted by molar-refractivity contribution is 5.85. The van der Waals surface area contributed by atoms with E-state index in [-0.39, 0.29) is 11.8 Å². The second kappa shape index (κ2) is 8.13. The van der Waals surface area contributed by atoms with Crippen LogP contribution in [0.1, 0.15) is 38.5 Å². The molecule has 3 aromatic rings. The molecule has 2 aromatic heterocycles. The Morgan fingerprint density at radius 1 is 1.00 bits per heavy atom. The number of aromatic nitrogens is 2. The molecule has 0 bridgehead atoms. The molecule has 1 saturated heterocycles. The highest BCUT2D eigenvalue weighted by Gasteiger charge is 2.24. The van der Waals surface area contributed by atoms with E-state index in [1.807, 2.05) is 23.2 Å². The molecule has 2 fully saturated rings. The lowest BCUT2D eigenvalue weighted by Crippen LogP contribution is -2.46. The van der Waals surface area contributed by atoms with Gasteiger partial charge in [0.05, 0.1) is 16.6 Å². The summed E-state index contributed by atoms with van der Waals surface area (Å²) in [5, 5.41) is 3.23. The van der Waals surface area contributed by atoms with Crippen molar-refractivity contribution < 1.29 is 9.18 Å². The van der Waals surface area contributed by atoms with E-state index in [0.717, 1.165) is 49.2 Å². The predicted octanol–water partition coefficient (Wildman–Crippen LogP) is 4.18. The molecule has 6 nitrogen and oxygen atoms in total. The summed E-state index contributed by atoms with van der Waals surface area (Å²) in [6, 6.07) is 9.15. The van der Waals surface area contributed by atoms with Gasteiger partial charge in [0.15, 0.2) is 5.82 Å². The summed E-state index contributed by atoms with van der Waals surface area (Å²) < 4.78 is 15.9. The maximum atomic E-state index is 13.8. The first-order valence-corrected chi connectivity index (χ1v) is 11.1. The molecule has 158 valence electrons. The smallest absolute Gasteiger partial charge is 0.317 e. The first-order chi connectivity index (χ1) is 14.7. The molecule has 1 aromatic carbocycles. The summed E-state index contributed by atoms with van der Waals surface area (Å²) in [4.78, 5) is 21.8. The number of rotatable bonds is 2. The standard InChI is InChI=1S/C23H28FN5O/c24-17-9-10-20-19(16-17)26-22(21-8-4-13-29(20)21)27-11-5-12-28(15-14-27)23(30)25-18-6-2-1-3-7-18/h4,8-10,13,16,18H,1-3,5-7,11-12,14-15H2,(H,25,30). The number of hydrogen-bond donors (Lipinski definition) is 1. The van der Waals surface area contributed by atoms with Gasteiger partial charge in [-0.3, -0.25) is 0 Å². The number of halogens is 1. The number of hydrogen-bond acceptors (Lipinski definition) is 3. The monoisotopic (exact) mass is 409 g/mol. The minimum absolute atomic E-state index is 0.0603. The van der Waals surface area contributed by atoms with Gasteiger partial charge in [-0.25, -0.2) is 14.2 Å². The van der Waals surface area contributed by atoms with Crippen LogP contribution in [0.5, 0.6) is 0 Å². The Hall–Kier alpha value is -2.83. The van der Waals surface area contributed by atoms with E-state index in [1.165, 1.54) is 31.4 Å². The van der Waals surface area contributed by atoms with Crippen molar-refractivity contribution >= 4 is 28.4 Å². The summed E-state index contributed by atoms with van der Waals surface area (Å²) in [6.07, 6.45) is 8.75. The molecule has 1 aliphatic heterocycles. The summed E-state index contributed by atoms with van der Waals surface area (Å²) in [5.41, 5.74) is 2.54. The first kappa shape index (κ1) is 19.2. The molecule has 0 radical (unpaired) electrons. The summed E-state index contributed by atoms with van der Waals surface area (Å²) in [7, 11) is 0. The molecule has 0 atom stereocenters. The Bertz CT molecular complexity index is 1060. The van der Waals surface area contributed by atoms with Crippen molar-refractivity contribution in [3.63, 3.8) is 0 Å². The lowest BCUT2D eigenvalue weighted by molar-refractivity contribution is 0.193. The molecule has 2 amide bonds. The van der Waals surface area contributed by atoms with Crippen LogP contribution in [0.3, 0.4) is 0 Å². The number of urea groups is 1. The van der Waals surface area contributed by atoms with Crippen LogP contribution >= 0.6 is 0 Å². The number of benzene rings is 1. The van der Waals surface area contributed by atoms with Crippen molar-refractivity contribution in [2.24, 2.45) is 0 Å². The number of nitrogens with zero attached hydrogens (tertiary/aromatic N) is 4. The molecule has 5 rings (SSSR count). The largest absolute Gasteiger partial charge is 0.353 e. The zero-order valence-corrected chi connectivity index (χ0v) is 17.2. The number of carbonyl (C=O) groups is 1. The fraction of sp³-hybridized carbons (Fsp3) is 0.478. The SMILES string of the molecule is O=C(NC1CCCCC1)N1CCCN(c2nc3cc(F)ccc3n3cccc23)CC1. The number of anilines is 1. The normalized spacial score (nSPS) is 18.7. The molecule has 3 heterocycles. The van der Waals surface area contributed by atoms with E-state index in [1.54, 1.807) is 6.07 Å². The number of fused-ring (bicyclic) bond motifs is 3. The third-order valence-electron chi connectivity index (χ3n) is 6.42. The van der Waals surface area contributed by atoms with E-state index in [2.05, 4.69) is 14.6 Å². The van der Waals surface area contributed by atoms with Gasteiger partial charge in [-0.15, -0.1) is 0 Å². The van der Waals surface area contributed by atoms with Crippen LogP contribution in [0.2, 0.25) is 0 Å². The molecular weight excluding hydrogens is 381 g/mol. The Kier molecular flexibility index (Phi) is 5.19. The third kappa shape index (κ3) is 3.68. The summed E-state index contributed by atoms with van der Waals surface area (Å²) in [6.45, 7) is 2.94. The topological polar surface area (TPSA) is 52.9 Å². The van der Waals surface area contributed by atoms with E-state index in [4.69, 9.17) is 4.98 Å². The predicted molar refractivity (Wildman–Crippen MR) is 116 cm³/mol. The highest BCUT2D eigenvalue weighted by atomic mass is 19.1. The fourth-order valence-electron chi connectivity index (χ4n) is 4.81. The number of carbonyl (C=O) groups excluding carboxylic acids is 1. The third-order valence-corrected chi connectivity index (χ3v) is 6.42. The summed E-state index contributed by atoms with van der Waals surface area (Å²) in [5.74, 6) is 0.571. The van der Waals surface area contributed by atoms with Gasteiger partial charge < -0.3 is 19.5 Å². The Morgan fingerprint density at radius 3 is 2.73 bits per heavy atom. The quantitative estimate of drug-likeness (QED) is 0.691. The van der Waals surface area contributed by atoms with Gasteiger partial charge in [-0.2, -0.15) is 0 Å². The van der Waals surface area contributed by atoms with Gasteiger partial charge >= 0.3 is 6.03 Å². The second-order valence-electron chi connectivity index (χ2n) is 8.44. The van der Waals surface area contributed by atoms with E-state index < -0.39 is 0 Å². The van der Waals surface area contributed by atoms with Gasteiger partial charge in [0.1, 0.15) is 5.82 Å². The van der Waals surface area contributed by atoms with Crippen LogP contribution < -0.4 is 10.2 Å². The summed E-state index contributed by atoms with van der Waals surface area (Å²) >= 11 is 0. The molecule has 1 saturated carbocycles. The maximum absolute atomic E-state index is 13.8. The van der Waals surface area contributed by atoms with Crippen LogP contribution in [-0.4, -0.2) is 52.5 Å². The second-order valence-corrected chi connectivity index (χ2v) is 8.44. The molecule has 7 heteroatoms. The highest BCUT2D eigenvalue weighted by Crippen LogP contribution is 2.27. The van der Waals surface area contributed by atoms with Gasteiger partial charge in [0.25, 0.3) is 0 Å². The lowest BCUT2D eigenvalue weighted by atomic mass is 9.96. The van der Waals surface area contributed by atoms with Crippen molar-refractivity contribution in [3.05, 3.63) is 42.3 Å². The van der Waals surface area contributed by atoms with Gasteiger partial charge in [0.2, 0.25) is 0 Å². The van der Waals surface area contributed by atoms with Crippen molar-refractivity contribution in [2.75, 3.05) is 31.1 Å². The van der Waals surface area contributed by atoms with Gasteiger partial charge in [-0.1, -0.05) is 19.3 Å². The Balaban J connectivity index is 1.36. The van der Waals surface area contributed by atoms with Crippen LogP contribution in [0.15, 0.2) is 36.5 Å². The van der Waals surface area contributed by atoms with Gasteiger partial charge in [-0.05, 0) is 43.5 Å². The van der Waals surface area contributed by atoms with E-state index >= 15 is 0 Å². The van der Waals surface area contributed by atoms with Crippen LogP contribution in [0.25, 0.3) is 16.6 Å². The minimum atomic E-state index is -0.283. The van der Waals surface area contributed by atoms with Crippen LogP contribution in [0.4, 0.5) is 15.0 Å². The zero-order valence-electron chi connectivity index (χ0n) is 17.2.